The van der Waals surface area contributed by atoms with Crippen molar-refractivity contribution in [3.05, 3.63) is 0 Å². The molecule has 2 aliphatic rings. The number of piperidine rings is 1. The van der Waals surface area contributed by atoms with E-state index in [0.717, 1.165) is 30.9 Å². The summed E-state index contributed by atoms with van der Waals surface area (Å²) in [6.07, 6.45) is 6.76. The lowest BCUT2D eigenvalue weighted by molar-refractivity contribution is 0.182. The number of likely N-dealkylation sites (tertiary alicyclic amines) is 1. The molecule has 1 aliphatic carbocycles. The number of halogens is 1. The predicted octanol–water partition coefficient (Wildman–Crippen LogP) is 2.30. The third kappa shape index (κ3) is 7.11. The van der Waals surface area contributed by atoms with Crippen LogP contribution in [0.15, 0.2) is 4.99 Å². The normalized spacial score (nSPS) is 24.1. The van der Waals surface area contributed by atoms with Crippen LogP contribution in [0.25, 0.3) is 0 Å². The zero-order valence-electron chi connectivity index (χ0n) is 13.0. The maximum Gasteiger partial charge on any atom is 0.190 e. The highest BCUT2D eigenvalue weighted by Crippen LogP contribution is 2.27. The van der Waals surface area contributed by atoms with Crippen molar-refractivity contribution in [1.82, 2.24) is 15.5 Å². The molecule has 2 rings (SSSR count). The Bertz CT molecular complexity index is 292. The monoisotopic (exact) mass is 394 g/mol. The van der Waals surface area contributed by atoms with Gasteiger partial charge in [-0.2, -0.15) is 0 Å². The SMILES string of the molecule is CN=C(NCCCN1CCCC(C)C1)NCC1CC1.I. The van der Waals surface area contributed by atoms with E-state index >= 15 is 0 Å². The van der Waals surface area contributed by atoms with E-state index < -0.39 is 0 Å². The molecule has 0 aromatic carbocycles. The number of guanidine groups is 1. The van der Waals surface area contributed by atoms with Gasteiger partial charge in [-0.25, -0.2) is 0 Å². The van der Waals surface area contributed by atoms with Crippen LogP contribution in [0.5, 0.6) is 0 Å². The first-order valence-corrected chi connectivity index (χ1v) is 7.95. The van der Waals surface area contributed by atoms with Gasteiger partial charge < -0.3 is 15.5 Å². The summed E-state index contributed by atoms with van der Waals surface area (Å²) < 4.78 is 0. The Labute approximate surface area is 141 Å². The highest BCUT2D eigenvalue weighted by Gasteiger charge is 2.21. The maximum atomic E-state index is 4.26. The topological polar surface area (TPSA) is 39.7 Å². The molecule has 1 saturated heterocycles. The first-order valence-electron chi connectivity index (χ1n) is 7.95. The van der Waals surface area contributed by atoms with Crippen LogP contribution >= 0.6 is 24.0 Å². The predicted molar refractivity (Wildman–Crippen MR) is 97.0 cm³/mol. The lowest BCUT2D eigenvalue weighted by atomic mass is 10.0. The fourth-order valence-corrected chi connectivity index (χ4v) is 2.78. The number of rotatable bonds is 6. The number of hydrogen-bond donors (Lipinski definition) is 2. The van der Waals surface area contributed by atoms with E-state index in [2.05, 4.69) is 27.4 Å². The molecule has 4 nitrogen and oxygen atoms in total. The van der Waals surface area contributed by atoms with E-state index in [9.17, 15) is 0 Å². The summed E-state index contributed by atoms with van der Waals surface area (Å²) in [5.74, 6) is 2.75. The van der Waals surface area contributed by atoms with Gasteiger partial charge in [-0.05, 0) is 57.0 Å². The molecule has 5 heteroatoms. The van der Waals surface area contributed by atoms with Gasteiger partial charge in [0.2, 0.25) is 0 Å². The maximum absolute atomic E-state index is 4.26. The van der Waals surface area contributed by atoms with Crippen molar-refractivity contribution in [2.24, 2.45) is 16.8 Å². The van der Waals surface area contributed by atoms with Crippen LogP contribution in [0.1, 0.15) is 39.0 Å². The van der Waals surface area contributed by atoms with Crippen LogP contribution in [0, 0.1) is 11.8 Å². The van der Waals surface area contributed by atoms with Gasteiger partial charge in [0.15, 0.2) is 5.96 Å². The number of hydrogen-bond acceptors (Lipinski definition) is 2. The van der Waals surface area contributed by atoms with Crippen LogP contribution in [0.2, 0.25) is 0 Å². The molecule has 0 aromatic heterocycles. The molecule has 1 atom stereocenters. The van der Waals surface area contributed by atoms with Crippen molar-refractivity contribution >= 4 is 29.9 Å². The van der Waals surface area contributed by atoms with Gasteiger partial charge in [0.05, 0.1) is 0 Å². The summed E-state index contributed by atoms with van der Waals surface area (Å²) >= 11 is 0. The van der Waals surface area contributed by atoms with Gasteiger partial charge in [-0.1, -0.05) is 6.92 Å². The Morgan fingerprint density at radius 3 is 2.70 bits per heavy atom. The second kappa shape index (κ2) is 9.82. The van der Waals surface area contributed by atoms with Crippen molar-refractivity contribution in [1.29, 1.82) is 0 Å². The molecule has 1 aliphatic heterocycles. The second-order valence-electron chi connectivity index (χ2n) is 6.22. The molecule has 1 unspecified atom stereocenters. The molecule has 0 aromatic rings. The lowest BCUT2D eigenvalue weighted by Gasteiger charge is -2.30. The Hall–Kier alpha value is -0.0400. The highest BCUT2D eigenvalue weighted by atomic mass is 127. The number of aliphatic imine (C=N–C) groups is 1. The summed E-state index contributed by atoms with van der Waals surface area (Å²) in [6.45, 7) is 8.27. The van der Waals surface area contributed by atoms with Crippen molar-refractivity contribution in [2.45, 2.75) is 39.0 Å². The van der Waals surface area contributed by atoms with Crippen LogP contribution in [-0.2, 0) is 0 Å². The van der Waals surface area contributed by atoms with E-state index in [0.29, 0.717) is 0 Å². The van der Waals surface area contributed by atoms with Gasteiger partial charge in [0.25, 0.3) is 0 Å². The summed E-state index contributed by atoms with van der Waals surface area (Å²) in [4.78, 5) is 6.87. The molecule has 0 bridgehead atoms. The fourth-order valence-electron chi connectivity index (χ4n) is 2.78. The summed E-state index contributed by atoms with van der Waals surface area (Å²) in [6, 6.07) is 0. The Kier molecular flexibility index (Phi) is 8.84. The van der Waals surface area contributed by atoms with Gasteiger partial charge in [0, 0.05) is 26.7 Å². The van der Waals surface area contributed by atoms with E-state index in [-0.39, 0.29) is 24.0 Å². The molecular weight excluding hydrogens is 363 g/mol. The van der Waals surface area contributed by atoms with Gasteiger partial charge >= 0.3 is 0 Å². The molecule has 1 saturated carbocycles. The third-order valence-electron chi connectivity index (χ3n) is 4.16. The van der Waals surface area contributed by atoms with Crippen LogP contribution in [-0.4, -0.2) is 50.6 Å². The first-order chi connectivity index (χ1) is 9.28. The summed E-state index contributed by atoms with van der Waals surface area (Å²) in [5.41, 5.74) is 0. The molecule has 0 spiro atoms. The molecular formula is C15H31IN4. The molecule has 1 heterocycles. The average molecular weight is 394 g/mol. The Morgan fingerprint density at radius 2 is 2.05 bits per heavy atom. The van der Waals surface area contributed by atoms with E-state index in [1.54, 1.807) is 0 Å². The minimum atomic E-state index is 0. The highest BCUT2D eigenvalue weighted by molar-refractivity contribution is 14.0. The quantitative estimate of drug-likeness (QED) is 0.314. The van der Waals surface area contributed by atoms with E-state index in [1.165, 1.54) is 51.7 Å². The molecule has 0 radical (unpaired) electrons. The zero-order chi connectivity index (χ0) is 13.5. The van der Waals surface area contributed by atoms with E-state index in [4.69, 9.17) is 0 Å². The molecule has 2 N–H and O–H groups in total. The van der Waals surface area contributed by atoms with Crippen molar-refractivity contribution in [3.8, 4) is 0 Å². The van der Waals surface area contributed by atoms with E-state index in [1.807, 2.05) is 7.05 Å². The molecule has 0 amide bonds. The summed E-state index contributed by atoms with van der Waals surface area (Å²) in [5, 5.41) is 6.82. The Balaban J connectivity index is 0.00000200. The largest absolute Gasteiger partial charge is 0.356 e. The number of nitrogens with zero attached hydrogens (tertiary/aromatic N) is 2. The second-order valence-corrected chi connectivity index (χ2v) is 6.22. The van der Waals surface area contributed by atoms with Crippen molar-refractivity contribution < 1.29 is 0 Å². The Morgan fingerprint density at radius 1 is 1.25 bits per heavy atom. The minimum Gasteiger partial charge on any atom is -0.356 e. The zero-order valence-corrected chi connectivity index (χ0v) is 15.4. The standard InChI is InChI=1S/C15H30N4.HI/c1-13-5-3-9-19(12-13)10-4-8-17-15(16-2)18-11-14-6-7-14;/h13-14H,3-12H2,1-2H3,(H2,16,17,18);1H. The van der Waals surface area contributed by atoms with Crippen LogP contribution in [0.4, 0.5) is 0 Å². The molecule has 2 fully saturated rings. The van der Waals surface area contributed by atoms with Crippen LogP contribution in [0.3, 0.4) is 0 Å². The number of nitrogens with one attached hydrogen (secondary N) is 2. The van der Waals surface area contributed by atoms with Gasteiger partial charge in [-0.15, -0.1) is 24.0 Å². The minimum absolute atomic E-state index is 0. The van der Waals surface area contributed by atoms with Crippen molar-refractivity contribution in [2.75, 3.05) is 39.8 Å². The third-order valence-corrected chi connectivity index (χ3v) is 4.16. The van der Waals surface area contributed by atoms with Gasteiger partial charge in [0.1, 0.15) is 0 Å². The van der Waals surface area contributed by atoms with Crippen LogP contribution < -0.4 is 10.6 Å². The van der Waals surface area contributed by atoms with Crippen molar-refractivity contribution in [3.63, 3.8) is 0 Å². The average Bonchev–Trinajstić information content (AvgIpc) is 3.22. The fraction of sp³-hybridized carbons (Fsp3) is 0.933. The molecule has 118 valence electrons. The van der Waals surface area contributed by atoms with Gasteiger partial charge in [-0.3, -0.25) is 4.99 Å². The first kappa shape index (κ1) is 18.0. The smallest absolute Gasteiger partial charge is 0.190 e. The lowest BCUT2D eigenvalue weighted by Crippen LogP contribution is -2.40. The summed E-state index contributed by atoms with van der Waals surface area (Å²) in [7, 11) is 1.86. The molecule has 20 heavy (non-hydrogen) atoms.